The minimum Gasteiger partial charge on any atom is -0.256 e. The van der Waals surface area contributed by atoms with Crippen LogP contribution in [-0.4, -0.2) is 36.4 Å². The van der Waals surface area contributed by atoms with Gasteiger partial charge in [0.1, 0.15) is 31.4 Å². The zero-order chi connectivity index (χ0) is 17.8. The molecule has 5 heteroatoms. The Labute approximate surface area is 150 Å². The highest BCUT2D eigenvalue weighted by Crippen LogP contribution is 2.41. The third-order valence-electron chi connectivity index (χ3n) is 5.77. The van der Waals surface area contributed by atoms with E-state index in [1.54, 1.807) is 0 Å². The van der Waals surface area contributed by atoms with Crippen molar-refractivity contribution in [3.63, 3.8) is 0 Å². The summed E-state index contributed by atoms with van der Waals surface area (Å²) in [7, 11) is 9.51. The van der Waals surface area contributed by atoms with Crippen molar-refractivity contribution in [1.82, 2.24) is 4.98 Å². The zero-order valence-electron chi connectivity index (χ0n) is 16.3. The maximum absolute atomic E-state index is 4.66. The third kappa shape index (κ3) is 3.10. The van der Waals surface area contributed by atoms with Crippen molar-refractivity contribution in [1.29, 1.82) is 0 Å². The summed E-state index contributed by atoms with van der Waals surface area (Å²) < 4.78 is 0. The largest absolute Gasteiger partial charge is 0.256 e. The van der Waals surface area contributed by atoms with Gasteiger partial charge < -0.3 is 0 Å². The number of rotatable bonds is 1. The number of hydrogen-bond donors (Lipinski definition) is 0. The molecule has 1 aliphatic carbocycles. The van der Waals surface area contributed by atoms with Gasteiger partial charge >= 0.3 is 0 Å². The number of pyridine rings is 1. The molecule has 0 aliphatic heterocycles. The summed E-state index contributed by atoms with van der Waals surface area (Å²) >= 11 is 0. The van der Waals surface area contributed by atoms with Gasteiger partial charge in [-0.1, -0.05) is 73.4 Å². The predicted octanol–water partition coefficient (Wildman–Crippen LogP) is 0.678. The van der Waals surface area contributed by atoms with Crippen LogP contribution in [0.3, 0.4) is 0 Å². The van der Waals surface area contributed by atoms with Crippen molar-refractivity contribution in [2.24, 2.45) is 0 Å². The maximum atomic E-state index is 4.66. The average Bonchev–Trinajstić information content (AvgIpc) is 2.51. The molecule has 0 saturated carbocycles. The van der Waals surface area contributed by atoms with E-state index in [4.69, 9.17) is 0 Å². The van der Waals surface area contributed by atoms with Crippen LogP contribution in [-0.2, 0) is 15.8 Å². The van der Waals surface area contributed by atoms with Gasteiger partial charge in [-0.15, -0.1) is 0 Å². The number of aromatic nitrogens is 1. The van der Waals surface area contributed by atoms with Gasteiger partial charge in [0.25, 0.3) is 0 Å². The molecule has 0 unspecified atom stereocenters. The Morgan fingerprint density at radius 3 is 2.12 bits per heavy atom. The van der Waals surface area contributed by atoms with Gasteiger partial charge in [0.15, 0.2) is 0 Å². The van der Waals surface area contributed by atoms with Gasteiger partial charge in [0, 0.05) is 11.8 Å². The molecule has 0 bridgehead atoms. The Bertz CT molecular complexity index is 775. The van der Waals surface area contributed by atoms with Gasteiger partial charge in [-0.3, -0.25) is 4.98 Å². The van der Waals surface area contributed by atoms with Crippen molar-refractivity contribution >= 4 is 31.4 Å². The monoisotopic (exact) mass is 313 g/mol. The topological polar surface area (TPSA) is 12.9 Å². The molecular weight excluding hydrogens is 285 g/mol. The Hall–Kier alpha value is -1.37. The van der Waals surface area contributed by atoms with Crippen molar-refractivity contribution < 1.29 is 0 Å². The first-order valence-electron chi connectivity index (χ1n) is 9.13. The van der Waals surface area contributed by atoms with Gasteiger partial charge in [-0.2, -0.15) is 0 Å². The first kappa shape index (κ1) is 17.5. The second-order valence-electron chi connectivity index (χ2n) is 9.71. The fourth-order valence-electron chi connectivity index (χ4n) is 3.80. The molecule has 0 spiro atoms. The molecule has 0 amide bonds. The van der Waals surface area contributed by atoms with Gasteiger partial charge in [-0.05, 0) is 23.1 Å². The summed E-state index contributed by atoms with van der Waals surface area (Å²) in [5.41, 5.74) is 6.82. The average molecular weight is 313 g/mol. The summed E-state index contributed by atoms with van der Waals surface area (Å²) in [5.74, 6) is 0. The smallest absolute Gasteiger partial charge is 0.104 e. The lowest BCUT2D eigenvalue weighted by Gasteiger charge is -2.42. The summed E-state index contributed by atoms with van der Waals surface area (Å²) in [6.07, 6.45) is 4.44. The molecule has 0 fully saturated rings. The van der Waals surface area contributed by atoms with Crippen LogP contribution >= 0.6 is 0 Å². The molecule has 2 aromatic rings. The summed E-state index contributed by atoms with van der Waals surface area (Å²) in [6, 6.07) is 11.4. The van der Waals surface area contributed by atoms with Crippen molar-refractivity contribution in [2.75, 3.05) is 0 Å². The van der Waals surface area contributed by atoms with Gasteiger partial charge in [0.2, 0.25) is 0 Å². The fourth-order valence-corrected chi connectivity index (χ4v) is 3.80. The number of nitrogens with zero attached hydrogens (tertiary/aromatic N) is 1. The molecule has 0 saturated heterocycles. The van der Waals surface area contributed by atoms with E-state index in [-0.39, 0.29) is 15.8 Å². The van der Waals surface area contributed by atoms with E-state index in [2.05, 4.69) is 87.5 Å². The van der Waals surface area contributed by atoms with E-state index in [9.17, 15) is 0 Å². The minimum absolute atomic E-state index is 0.146. The standard InChI is InChI=1S/C19H27B4N/c1-17(2,3)13-6-9-24-16(11-13)12-4-5-14-15(10-12)19(22,23)8-7-18(14,20)21/h4-6,9-11H,7-8,20-23H2,1-3H3. The lowest BCUT2D eigenvalue weighted by atomic mass is 9.37. The molecule has 1 nitrogen and oxygen atoms in total. The molecule has 1 aromatic carbocycles. The molecule has 0 atom stereocenters. The predicted molar refractivity (Wildman–Crippen MR) is 115 cm³/mol. The maximum Gasteiger partial charge on any atom is 0.104 e. The van der Waals surface area contributed by atoms with Crippen molar-refractivity contribution in [2.45, 2.75) is 49.5 Å². The van der Waals surface area contributed by atoms with E-state index < -0.39 is 0 Å². The summed E-state index contributed by atoms with van der Waals surface area (Å²) in [5, 5.41) is 0.507. The van der Waals surface area contributed by atoms with E-state index in [1.165, 1.54) is 35.1 Å². The zero-order valence-corrected chi connectivity index (χ0v) is 16.3. The van der Waals surface area contributed by atoms with E-state index in [1.807, 2.05) is 6.20 Å². The minimum atomic E-state index is 0.146. The summed E-state index contributed by atoms with van der Waals surface area (Å²) in [4.78, 5) is 4.66. The molecular formula is C19H27B4N. The molecule has 1 aromatic heterocycles. The van der Waals surface area contributed by atoms with E-state index in [0.717, 1.165) is 5.69 Å². The van der Waals surface area contributed by atoms with Crippen LogP contribution in [0.5, 0.6) is 0 Å². The third-order valence-corrected chi connectivity index (χ3v) is 5.77. The van der Waals surface area contributed by atoms with Crippen molar-refractivity contribution in [3.05, 3.63) is 53.2 Å². The van der Waals surface area contributed by atoms with Crippen molar-refractivity contribution in [3.8, 4) is 11.3 Å². The van der Waals surface area contributed by atoms with Gasteiger partial charge in [0.05, 0.1) is 5.69 Å². The van der Waals surface area contributed by atoms with Crippen LogP contribution in [0.15, 0.2) is 36.5 Å². The van der Waals surface area contributed by atoms with Crippen LogP contribution in [0.2, 0.25) is 0 Å². The Morgan fingerprint density at radius 1 is 0.875 bits per heavy atom. The quantitative estimate of drug-likeness (QED) is 0.706. The Morgan fingerprint density at radius 2 is 1.50 bits per heavy atom. The Kier molecular flexibility index (Phi) is 4.06. The van der Waals surface area contributed by atoms with Crippen LogP contribution in [0.1, 0.15) is 50.3 Å². The number of benzene rings is 1. The second-order valence-corrected chi connectivity index (χ2v) is 9.71. The molecule has 1 heterocycles. The van der Waals surface area contributed by atoms with E-state index in [0.29, 0.717) is 0 Å². The highest BCUT2D eigenvalue weighted by molar-refractivity contribution is 6.43. The normalized spacial score (nSPS) is 18.8. The second kappa shape index (κ2) is 5.58. The van der Waals surface area contributed by atoms with Crippen LogP contribution in [0.25, 0.3) is 11.3 Å². The Balaban J connectivity index is 2.12. The molecule has 3 rings (SSSR count). The molecule has 1 aliphatic rings. The molecule has 24 heavy (non-hydrogen) atoms. The SMILES string of the molecule is BC1(B)CCC(B)(B)c2cc(-c3cc(C(C)(C)C)ccn3)ccc21. The van der Waals surface area contributed by atoms with Crippen LogP contribution in [0.4, 0.5) is 0 Å². The summed E-state index contributed by atoms with van der Waals surface area (Å²) in [6.45, 7) is 6.76. The van der Waals surface area contributed by atoms with Crippen LogP contribution in [0, 0.1) is 0 Å². The lowest BCUT2D eigenvalue weighted by Crippen LogP contribution is -2.42. The molecule has 120 valence electrons. The first-order chi connectivity index (χ1) is 11.0. The highest BCUT2D eigenvalue weighted by atomic mass is 14.7. The highest BCUT2D eigenvalue weighted by Gasteiger charge is 2.36. The first-order valence-corrected chi connectivity index (χ1v) is 9.13. The molecule has 0 N–H and O–H groups in total. The number of fused-ring (bicyclic) bond motifs is 1. The van der Waals surface area contributed by atoms with E-state index >= 15 is 0 Å². The fraction of sp³-hybridized carbons (Fsp3) is 0.421. The number of hydrogen-bond acceptors (Lipinski definition) is 1. The molecule has 0 radical (unpaired) electrons. The lowest BCUT2D eigenvalue weighted by molar-refractivity contribution is 0.574. The van der Waals surface area contributed by atoms with Crippen LogP contribution < -0.4 is 0 Å². The van der Waals surface area contributed by atoms with Gasteiger partial charge in [-0.25, -0.2) is 0 Å².